The number of aromatic nitrogens is 1. The standard InChI is InChI=1S/C24H26ClN3O3S/c25-16-11-15-3-1-9-28(17-4-2-8-27(10-6-17)24(30)31)22(15)20(12-16)19-5-7-26-21-13-18(14-29)32-23(19)21/h5,7,11-13,17,29H,1-4,6,8-10,14H2,(H,30,31)/t17-/m0/s1. The number of fused-ring (bicyclic) bond motifs is 2. The van der Waals surface area contributed by atoms with Crippen molar-refractivity contribution in [1.82, 2.24) is 9.88 Å². The van der Waals surface area contributed by atoms with Crippen LogP contribution in [0.1, 0.15) is 36.1 Å². The number of anilines is 1. The number of carboxylic acid groups (broad SMARTS) is 1. The molecule has 0 radical (unpaired) electrons. The molecule has 2 aliphatic rings. The van der Waals surface area contributed by atoms with Crippen LogP contribution >= 0.6 is 22.9 Å². The van der Waals surface area contributed by atoms with E-state index in [1.54, 1.807) is 16.2 Å². The van der Waals surface area contributed by atoms with Gasteiger partial charge in [-0.15, -0.1) is 11.3 Å². The maximum Gasteiger partial charge on any atom is 0.407 e. The number of rotatable bonds is 3. The fourth-order valence-electron chi connectivity index (χ4n) is 5.17. The van der Waals surface area contributed by atoms with E-state index in [4.69, 9.17) is 11.6 Å². The summed E-state index contributed by atoms with van der Waals surface area (Å²) in [6, 6.07) is 8.42. The average molecular weight is 472 g/mol. The summed E-state index contributed by atoms with van der Waals surface area (Å²) >= 11 is 8.16. The van der Waals surface area contributed by atoms with Crippen LogP contribution in [0.4, 0.5) is 10.5 Å². The predicted molar refractivity (Wildman–Crippen MR) is 129 cm³/mol. The van der Waals surface area contributed by atoms with Gasteiger partial charge < -0.3 is 20.0 Å². The number of nitrogens with zero attached hydrogens (tertiary/aromatic N) is 3. The Labute approximate surface area is 196 Å². The van der Waals surface area contributed by atoms with Gasteiger partial charge in [-0.25, -0.2) is 4.79 Å². The molecule has 2 aromatic heterocycles. The molecule has 2 aliphatic heterocycles. The van der Waals surface area contributed by atoms with Crippen LogP contribution < -0.4 is 4.90 Å². The predicted octanol–water partition coefficient (Wildman–Crippen LogP) is 5.39. The summed E-state index contributed by atoms with van der Waals surface area (Å²) in [5.41, 5.74) is 5.55. The van der Waals surface area contributed by atoms with Crippen molar-refractivity contribution < 1.29 is 15.0 Å². The summed E-state index contributed by atoms with van der Waals surface area (Å²) in [6.07, 6.45) is 5.71. The molecule has 4 heterocycles. The number of halogens is 1. The van der Waals surface area contributed by atoms with Crippen LogP contribution in [0, 0.1) is 0 Å². The van der Waals surface area contributed by atoms with E-state index in [9.17, 15) is 15.0 Å². The third kappa shape index (κ3) is 3.93. The number of likely N-dealkylation sites (tertiary alicyclic amines) is 1. The van der Waals surface area contributed by atoms with Crippen LogP contribution in [0.2, 0.25) is 5.02 Å². The number of aryl methyl sites for hydroxylation is 1. The number of hydrogen-bond donors (Lipinski definition) is 2. The molecule has 1 saturated heterocycles. The Morgan fingerprint density at radius 2 is 2.03 bits per heavy atom. The lowest BCUT2D eigenvalue weighted by Gasteiger charge is -2.39. The minimum atomic E-state index is -0.825. The van der Waals surface area contributed by atoms with Crippen LogP contribution in [-0.2, 0) is 13.0 Å². The molecule has 0 aliphatic carbocycles. The van der Waals surface area contributed by atoms with Crippen molar-refractivity contribution >= 4 is 44.9 Å². The monoisotopic (exact) mass is 471 g/mol. The molecule has 1 fully saturated rings. The third-order valence-corrected chi connectivity index (χ3v) is 7.96. The normalized spacial score (nSPS) is 19.1. The van der Waals surface area contributed by atoms with Crippen LogP contribution in [-0.4, -0.2) is 51.9 Å². The van der Waals surface area contributed by atoms with E-state index in [0.717, 1.165) is 69.9 Å². The van der Waals surface area contributed by atoms with Crippen molar-refractivity contribution in [2.45, 2.75) is 44.8 Å². The van der Waals surface area contributed by atoms with Gasteiger partial charge in [0.2, 0.25) is 0 Å². The molecule has 2 N–H and O–H groups in total. The topological polar surface area (TPSA) is 76.9 Å². The maximum atomic E-state index is 11.5. The largest absolute Gasteiger partial charge is 0.465 e. The van der Waals surface area contributed by atoms with Gasteiger partial charge in [-0.1, -0.05) is 11.6 Å². The Morgan fingerprint density at radius 1 is 1.16 bits per heavy atom. The summed E-state index contributed by atoms with van der Waals surface area (Å²) < 4.78 is 1.06. The molecule has 168 valence electrons. The second-order valence-electron chi connectivity index (χ2n) is 8.56. The van der Waals surface area contributed by atoms with E-state index < -0.39 is 6.09 Å². The summed E-state index contributed by atoms with van der Waals surface area (Å²) in [7, 11) is 0. The number of pyridine rings is 1. The van der Waals surface area contributed by atoms with Gasteiger partial charge in [0.1, 0.15) is 0 Å². The van der Waals surface area contributed by atoms with Crippen LogP contribution in [0.15, 0.2) is 30.5 Å². The van der Waals surface area contributed by atoms with E-state index in [0.29, 0.717) is 19.1 Å². The highest BCUT2D eigenvalue weighted by atomic mass is 35.5. The first-order valence-corrected chi connectivity index (χ1v) is 12.3. The van der Waals surface area contributed by atoms with Gasteiger partial charge in [-0.05, 0) is 61.9 Å². The van der Waals surface area contributed by atoms with Crippen molar-refractivity contribution in [1.29, 1.82) is 0 Å². The second kappa shape index (κ2) is 8.89. The Morgan fingerprint density at radius 3 is 2.84 bits per heavy atom. The smallest absolute Gasteiger partial charge is 0.407 e. The lowest BCUT2D eigenvalue weighted by Crippen LogP contribution is -2.40. The molecule has 1 amide bonds. The van der Waals surface area contributed by atoms with Crippen molar-refractivity contribution in [2.75, 3.05) is 24.5 Å². The van der Waals surface area contributed by atoms with Gasteiger partial charge in [-0.2, -0.15) is 0 Å². The molecule has 1 aromatic carbocycles. The van der Waals surface area contributed by atoms with Crippen molar-refractivity contribution in [2.24, 2.45) is 0 Å². The zero-order chi connectivity index (χ0) is 22.2. The first-order valence-electron chi connectivity index (χ1n) is 11.1. The number of benzene rings is 1. The maximum absolute atomic E-state index is 11.5. The lowest BCUT2D eigenvalue weighted by molar-refractivity contribution is 0.147. The summed E-state index contributed by atoms with van der Waals surface area (Å²) in [5.74, 6) is 0. The number of aliphatic hydroxyl groups is 1. The highest BCUT2D eigenvalue weighted by Gasteiger charge is 2.30. The van der Waals surface area contributed by atoms with E-state index in [-0.39, 0.29) is 6.61 Å². The zero-order valence-corrected chi connectivity index (χ0v) is 19.3. The van der Waals surface area contributed by atoms with Crippen molar-refractivity contribution in [3.63, 3.8) is 0 Å². The number of amides is 1. The van der Waals surface area contributed by atoms with Crippen molar-refractivity contribution in [3.05, 3.63) is 45.9 Å². The Kier molecular flexibility index (Phi) is 5.97. The second-order valence-corrected chi connectivity index (χ2v) is 10.1. The third-order valence-electron chi connectivity index (χ3n) is 6.60. The molecule has 32 heavy (non-hydrogen) atoms. The Bertz CT molecular complexity index is 1160. The molecule has 0 saturated carbocycles. The highest BCUT2D eigenvalue weighted by molar-refractivity contribution is 7.19. The lowest BCUT2D eigenvalue weighted by atomic mass is 9.91. The first-order chi connectivity index (χ1) is 15.5. The molecule has 1 atom stereocenters. The van der Waals surface area contributed by atoms with Gasteiger partial charge in [0.15, 0.2) is 0 Å². The average Bonchev–Trinajstić information content (AvgIpc) is 3.06. The van der Waals surface area contributed by atoms with E-state index >= 15 is 0 Å². The summed E-state index contributed by atoms with van der Waals surface area (Å²) in [5, 5.41) is 19.8. The minimum Gasteiger partial charge on any atom is -0.465 e. The van der Waals surface area contributed by atoms with Gasteiger partial charge >= 0.3 is 6.09 Å². The first kappa shape index (κ1) is 21.5. The highest BCUT2D eigenvalue weighted by Crippen LogP contribution is 2.45. The van der Waals surface area contributed by atoms with Gasteiger partial charge in [-0.3, -0.25) is 4.98 Å². The fourth-order valence-corrected chi connectivity index (χ4v) is 6.41. The molecular formula is C24H26ClN3O3S. The summed E-state index contributed by atoms with van der Waals surface area (Å²) in [6.45, 7) is 2.13. The molecule has 3 aromatic rings. The fraction of sp³-hybridized carbons (Fsp3) is 0.417. The Balaban J connectivity index is 1.61. The Hall–Kier alpha value is -2.35. The number of hydrogen-bond acceptors (Lipinski definition) is 5. The van der Waals surface area contributed by atoms with E-state index in [1.165, 1.54) is 11.3 Å². The van der Waals surface area contributed by atoms with Gasteiger partial charge in [0.05, 0.1) is 16.8 Å². The minimum absolute atomic E-state index is 0.00238. The number of thiophene rings is 1. The number of aliphatic hydroxyl groups excluding tert-OH is 1. The molecule has 6 nitrogen and oxygen atoms in total. The quantitative estimate of drug-likeness (QED) is 0.535. The molecule has 0 unspecified atom stereocenters. The molecular weight excluding hydrogens is 446 g/mol. The summed E-state index contributed by atoms with van der Waals surface area (Å²) in [4.78, 5) is 20.9. The molecule has 0 spiro atoms. The molecule has 5 rings (SSSR count). The van der Waals surface area contributed by atoms with E-state index in [1.807, 2.05) is 24.4 Å². The van der Waals surface area contributed by atoms with Crippen LogP contribution in [0.5, 0.6) is 0 Å². The van der Waals surface area contributed by atoms with Gasteiger partial charge in [0.25, 0.3) is 0 Å². The molecule has 8 heteroatoms. The number of carbonyl (C=O) groups is 1. The van der Waals surface area contributed by atoms with E-state index in [2.05, 4.69) is 16.0 Å². The zero-order valence-electron chi connectivity index (χ0n) is 17.8. The van der Waals surface area contributed by atoms with Crippen LogP contribution in [0.25, 0.3) is 21.3 Å². The van der Waals surface area contributed by atoms with Gasteiger partial charge in [0, 0.05) is 58.6 Å². The van der Waals surface area contributed by atoms with Crippen LogP contribution in [0.3, 0.4) is 0 Å². The van der Waals surface area contributed by atoms with Crippen molar-refractivity contribution in [3.8, 4) is 11.1 Å². The SMILES string of the molecule is O=C(O)N1CCC[C@H](N2CCCc3cc(Cl)cc(-c4ccnc5cc(CO)sc45)c32)CC1. The molecule has 0 bridgehead atoms.